The molecule has 0 saturated carbocycles. The molecule has 4 rings (SSSR count). The summed E-state index contributed by atoms with van der Waals surface area (Å²) >= 11 is 0. The van der Waals surface area contributed by atoms with E-state index in [0.29, 0.717) is 34.7 Å². The molecule has 0 atom stereocenters. The number of amides is 1. The van der Waals surface area contributed by atoms with Crippen LogP contribution in [0.5, 0.6) is 5.75 Å². The Balaban J connectivity index is 1.94. The topological polar surface area (TPSA) is 85.6 Å². The van der Waals surface area contributed by atoms with Crippen molar-refractivity contribution in [2.24, 2.45) is 0 Å². The summed E-state index contributed by atoms with van der Waals surface area (Å²) in [4.78, 5) is 14.8. The Kier molecular flexibility index (Phi) is 3.99. The summed E-state index contributed by atoms with van der Waals surface area (Å²) in [5, 5.41) is 18.7. The number of hydroxylamine groups is 1. The fraction of sp³-hybridized carbons (Fsp3) is 0.238. The van der Waals surface area contributed by atoms with Crippen molar-refractivity contribution in [1.29, 1.82) is 5.26 Å². The van der Waals surface area contributed by atoms with Gasteiger partial charge in [-0.2, -0.15) is 5.26 Å². The maximum absolute atomic E-state index is 13.1. The van der Waals surface area contributed by atoms with Crippen molar-refractivity contribution >= 4 is 11.6 Å². The molecule has 0 unspecified atom stereocenters. The van der Waals surface area contributed by atoms with Gasteiger partial charge in [0.2, 0.25) is 0 Å². The third kappa shape index (κ3) is 2.69. The molecular formula is C21H19N3O3. The average molecular weight is 361 g/mol. The lowest BCUT2D eigenvalue weighted by molar-refractivity contribution is 0.0836. The lowest BCUT2D eigenvalue weighted by Gasteiger charge is -2.39. The van der Waals surface area contributed by atoms with E-state index in [0.717, 1.165) is 11.1 Å². The van der Waals surface area contributed by atoms with Crippen LogP contribution in [0, 0.1) is 11.3 Å². The number of carbonyl (C=O) groups excluding carboxylic acids is 1. The van der Waals surface area contributed by atoms with Crippen molar-refractivity contribution in [3.8, 4) is 11.8 Å². The summed E-state index contributed by atoms with van der Waals surface area (Å²) in [5.41, 5.74) is 5.68. The molecule has 0 saturated heterocycles. The summed E-state index contributed by atoms with van der Waals surface area (Å²) in [5.74, 6) is 0.515. The summed E-state index contributed by atoms with van der Waals surface area (Å²) in [6.45, 7) is 4.37. The Labute approximate surface area is 157 Å². The zero-order valence-corrected chi connectivity index (χ0v) is 15.1. The molecule has 0 aliphatic carbocycles. The minimum absolute atomic E-state index is 0.0953. The van der Waals surface area contributed by atoms with Crippen LogP contribution in [-0.4, -0.2) is 28.2 Å². The van der Waals surface area contributed by atoms with Gasteiger partial charge in [0.05, 0.1) is 23.9 Å². The predicted molar refractivity (Wildman–Crippen MR) is 98.9 cm³/mol. The van der Waals surface area contributed by atoms with Crippen molar-refractivity contribution in [1.82, 2.24) is 10.4 Å². The second-order valence-electron chi connectivity index (χ2n) is 7.15. The SMILES string of the molecule is CC1(C)Oc2ccc(C#N)cc2C(N2Cc3ccccc3C2=O)=C1CNO. The molecule has 2 aromatic carbocycles. The van der Waals surface area contributed by atoms with E-state index in [2.05, 4.69) is 11.5 Å². The summed E-state index contributed by atoms with van der Waals surface area (Å²) < 4.78 is 6.13. The molecule has 136 valence electrons. The van der Waals surface area contributed by atoms with E-state index in [4.69, 9.17) is 4.74 Å². The van der Waals surface area contributed by atoms with E-state index in [9.17, 15) is 15.3 Å². The molecule has 0 bridgehead atoms. The number of fused-ring (bicyclic) bond motifs is 2. The first-order valence-corrected chi connectivity index (χ1v) is 8.70. The zero-order valence-electron chi connectivity index (χ0n) is 15.1. The fourth-order valence-electron chi connectivity index (χ4n) is 3.78. The minimum atomic E-state index is -0.735. The molecule has 2 N–H and O–H groups in total. The Bertz CT molecular complexity index is 1020. The van der Waals surface area contributed by atoms with Crippen LogP contribution in [0.15, 0.2) is 48.0 Å². The first-order valence-electron chi connectivity index (χ1n) is 8.70. The van der Waals surface area contributed by atoms with Crippen LogP contribution in [0.25, 0.3) is 5.70 Å². The van der Waals surface area contributed by atoms with Crippen molar-refractivity contribution < 1.29 is 14.7 Å². The molecule has 0 fully saturated rings. The molecule has 0 aromatic heterocycles. The molecule has 2 aromatic rings. The monoisotopic (exact) mass is 361 g/mol. The van der Waals surface area contributed by atoms with Crippen molar-refractivity contribution in [2.75, 3.05) is 6.54 Å². The molecule has 2 aliphatic rings. The van der Waals surface area contributed by atoms with Crippen LogP contribution in [0.2, 0.25) is 0 Å². The van der Waals surface area contributed by atoms with E-state index >= 15 is 0 Å². The lowest BCUT2D eigenvalue weighted by atomic mass is 9.88. The molecule has 0 radical (unpaired) electrons. The van der Waals surface area contributed by atoms with E-state index in [1.54, 1.807) is 23.1 Å². The minimum Gasteiger partial charge on any atom is -0.483 e. The number of nitriles is 1. The van der Waals surface area contributed by atoms with E-state index < -0.39 is 5.60 Å². The Morgan fingerprint density at radius 3 is 2.74 bits per heavy atom. The summed E-state index contributed by atoms with van der Waals surface area (Å²) in [6.07, 6.45) is 0. The van der Waals surface area contributed by atoms with Crippen LogP contribution in [0.3, 0.4) is 0 Å². The molecule has 6 nitrogen and oxygen atoms in total. The molecule has 6 heteroatoms. The summed E-state index contributed by atoms with van der Waals surface area (Å²) in [6, 6.07) is 14.8. The van der Waals surface area contributed by atoms with Crippen LogP contribution in [0.1, 0.15) is 40.9 Å². The quantitative estimate of drug-likeness (QED) is 0.821. The van der Waals surface area contributed by atoms with Gasteiger partial charge in [-0.15, -0.1) is 0 Å². The van der Waals surface area contributed by atoms with E-state index in [-0.39, 0.29) is 12.5 Å². The molecule has 27 heavy (non-hydrogen) atoms. The smallest absolute Gasteiger partial charge is 0.258 e. The molecular weight excluding hydrogens is 342 g/mol. The number of ether oxygens (including phenoxy) is 1. The predicted octanol–water partition coefficient (Wildman–Crippen LogP) is 3.08. The Morgan fingerprint density at radius 2 is 2.04 bits per heavy atom. The Morgan fingerprint density at radius 1 is 1.26 bits per heavy atom. The van der Waals surface area contributed by atoms with Crippen molar-refractivity contribution in [2.45, 2.75) is 26.0 Å². The number of hydrogen-bond acceptors (Lipinski definition) is 5. The van der Waals surface area contributed by atoms with E-state index in [1.807, 2.05) is 38.1 Å². The molecule has 2 aliphatic heterocycles. The third-order valence-electron chi connectivity index (χ3n) is 5.09. The summed E-state index contributed by atoms with van der Waals surface area (Å²) in [7, 11) is 0. The number of carbonyl (C=O) groups is 1. The van der Waals surface area contributed by atoms with Gasteiger partial charge in [0, 0.05) is 23.2 Å². The highest BCUT2D eigenvalue weighted by Crippen LogP contribution is 2.44. The highest BCUT2D eigenvalue weighted by molar-refractivity contribution is 6.04. The number of nitrogens with one attached hydrogen (secondary N) is 1. The first-order chi connectivity index (χ1) is 13.0. The zero-order chi connectivity index (χ0) is 19.2. The largest absolute Gasteiger partial charge is 0.483 e. The lowest BCUT2D eigenvalue weighted by Crippen LogP contribution is -2.42. The van der Waals surface area contributed by atoms with Crippen LogP contribution >= 0.6 is 0 Å². The first kappa shape index (κ1) is 17.3. The number of rotatable bonds is 3. The fourth-order valence-corrected chi connectivity index (χ4v) is 3.78. The van der Waals surface area contributed by atoms with Gasteiger partial charge in [-0.1, -0.05) is 18.2 Å². The number of nitrogens with zero attached hydrogens (tertiary/aromatic N) is 2. The second kappa shape index (κ2) is 6.23. The number of hydrogen-bond donors (Lipinski definition) is 2. The van der Waals surface area contributed by atoms with Gasteiger partial charge in [-0.3, -0.25) is 4.79 Å². The van der Waals surface area contributed by atoms with Gasteiger partial charge in [-0.25, -0.2) is 5.48 Å². The Hall–Kier alpha value is -3.14. The molecule has 0 spiro atoms. The van der Waals surface area contributed by atoms with Gasteiger partial charge in [0.1, 0.15) is 11.4 Å². The van der Waals surface area contributed by atoms with Gasteiger partial charge in [-0.05, 0) is 43.7 Å². The van der Waals surface area contributed by atoms with Crippen molar-refractivity contribution in [3.05, 3.63) is 70.3 Å². The molecule has 2 heterocycles. The maximum atomic E-state index is 13.1. The van der Waals surface area contributed by atoms with Crippen LogP contribution in [0.4, 0.5) is 0 Å². The normalized spacial score (nSPS) is 17.3. The van der Waals surface area contributed by atoms with Gasteiger partial charge in [0.15, 0.2) is 0 Å². The third-order valence-corrected chi connectivity index (χ3v) is 5.09. The maximum Gasteiger partial charge on any atom is 0.258 e. The highest BCUT2D eigenvalue weighted by atomic mass is 16.5. The molecule has 1 amide bonds. The second-order valence-corrected chi connectivity index (χ2v) is 7.15. The number of benzene rings is 2. The average Bonchev–Trinajstić information content (AvgIpc) is 2.98. The van der Waals surface area contributed by atoms with Gasteiger partial charge >= 0.3 is 0 Å². The van der Waals surface area contributed by atoms with Gasteiger partial charge in [0.25, 0.3) is 5.91 Å². The van der Waals surface area contributed by atoms with Gasteiger partial charge < -0.3 is 14.8 Å². The highest BCUT2D eigenvalue weighted by Gasteiger charge is 2.40. The van der Waals surface area contributed by atoms with E-state index in [1.165, 1.54) is 0 Å². The van der Waals surface area contributed by atoms with Crippen molar-refractivity contribution in [3.63, 3.8) is 0 Å². The standard InChI is InChI=1S/C21H19N3O3/c1-21(2)17(11-23-26)19(16-9-13(10-22)7-8-18(16)27-21)24-12-14-5-3-4-6-15(14)20(24)25/h3-9,23,26H,11-12H2,1-2H3. The van der Waals surface area contributed by atoms with Crippen LogP contribution in [-0.2, 0) is 6.54 Å². The van der Waals surface area contributed by atoms with Crippen LogP contribution < -0.4 is 10.2 Å².